The first-order chi connectivity index (χ1) is 30.1. The maximum atomic E-state index is 12.9. The van der Waals surface area contributed by atoms with Crippen molar-refractivity contribution in [2.45, 2.75) is 282 Å². The molecular formula is C49H96O12S. The second-order valence-corrected chi connectivity index (χ2v) is 19.2. The van der Waals surface area contributed by atoms with E-state index in [1.54, 1.807) is 0 Å². The van der Waals surface area contributed by atoms with Gasteiger partial charge in [-0.15, -0.1) is 0 Å². The van der Waals surface area contributed by atoms with E-state index in [0.717, 1.165) is 38.5 Å². The van der Waals surface area contributed by atoms with Crippen LogP contribution in [0.15, 0.2) is 0 Å². The quantitative estimate of drug-likeness (QED) is 0.0258. The molecule has 0 bridgehead atoms. The highest BCUT2D eigenvalue weighted by atomic mass is 32.3. The molecule has 0 aromatic rings. The lowest BCUT2D eigenvalue weighted by atomic mass is 9.99. The van der Waals surface area contributed by atoms with Gasteiger partial charge < -0.3 is 34.3 Å². The Balaban J connectivity index is 2.33. The summed E-state index contributed by atoms with van der Waals surface area (Å²) in [4.78, 5) is 12.9. The largest absolute Gasteiger partial charge is 0.457 e. The van der Waals surface area contributed by atoms with Crippen molar-refractivity contribution in [2.24, 2.45) is 0 Å². The summed E-state index contributed by atoms with van der Waals surface area (Å²) in [6.45, 7) is 4.05. The molecule has 0 aromatic heterocycles. The lowest BCUT2D eigenvalue weighted by Crippen LogP contribution is -2.60. The molecule has 1 aliphatic rings. The van der Waals surface area contributed by atoms with Gasteiger partial charge in [0.05, 0.1) is 19.8 Å². The molecule has 1 aliphatic heterocycles. The van der Waals surface area contributed by atoms with Gasteiger partial charge in [0.15, 0.2) is 6.29 Å². The normalized spacial score (nSPS) is 19.9. The highest BCUT2D eigenvalue weighted by Crippen LogP contribution is 2.26. The standard InChI is InChI=1S/C49H96O12S/c1-3-5-7-9-11-13-15-17-19-20-21-22-23-25-27-29-31-33-35-37-39-57-41-43(42-58-49-47(53)48(61-62(54,55)56)46(52)44(40-50)60-49)59-45(51)38-36-34-32-30-28-26-24-18-16-14-12-10-8-6-4-2/h43-44,46-50,52-53H,3-42H2,1-2H3,(H,54,55,56). The number of carbonyl (C=O) groups is 1. The van der Waals surface area contributed by atoms with Crippen molar-refractivity contribution in [2.75, 3.05) is 26.4 Å². The Morgan fingerprint density at radius 1 is 0.548 bits per heavy atom. The summed E-state index contributed by atoms with van der Waals surface area (Å²) >= 11 is 0. The lowest BCUT2D eigenvalue weighted by molar-refractivity contribution is -0.301. The van der Waals surface area contributed by atoms with Gasteiger partial charge in [-0.05, 0) is 12.8 Å². The van der Waals surface area contributed by atoms with Gasteiger partial charge in [-0.25, -0.2) is 4.18 Å². The number of hydrogen-bond donors (Lipinski definition) is 4. The van der Waals surface area contributed by atoms with Crippen LogP contribution in [0, 0.1) is 0 Å². The third-order valence-corrected chi connectivity index (χ3v) is 12.7. The number of rotatable bonds is 46. The molecule has 6 atom stereocenters. The van der Waals surface area contributed by atoms with E-state index in [9.17, 15) is 33.1 Å². The third kappa shape index (κ3) is 34.4. The summed E-state index contributed by atoms with van der Waals surface area (Å²) in [6.07, 6.45) is 35.6. The molecule has 6 unspecified atom stereocenters. The van der Waals surface area contributed by atoms with E-state index in [-0.39, 0.29) is 19.6 Å². The molecular weight excluding hydrogens is 813 g/mol. The van der Waals surface area contributed by atoms with Crippen molar-refractivity contribution in [1.82, 2.24) is 0 Å². The predicted octanol–water partition coefficient (Wildman–Crippen LogP) is 11.6. The summed E-state index contributed by atoms with van der Waals surface area (Å²) in [5, 5.41) is 30.7. The van der Waals surface area contributed by atoms with Gasteiger partial charge in [-0.1, -0.05) is 226 Å². The van der Waals surface area contributed by atoms with Crippen LogP contribution in [0.5, 0.6) is 0 Å². The zero-order chi connectivity index (χ0) is 45.4. The second kappa shape index (κ2) is 41.5. The molecule has 0 aromatic carbocycles. The zero-order valence-corrected chi connectivity index (χ0v) is 40.5. The first kappa shape index (κ1) is 59.1. The minimum atomic E-state index is -5.06. The average Bonchev–Trinajstić information content (AvgIpc) is 3.24. The Hall–Kier alpha value is -0.900. The maximum Gasteiger partial charge on any atom is 0.397 e. The van der Waals surface area contributed by atoms with Gasteiger partial charge in [-0.2, -0.15) is 8.42 Å². The molecule has 370 valence electrons. The van der Waals surface area contributed by atoms with Crippen LogP contribution in [0.1, 0.15) is 245 Å². The van der Waals surface area contributed by atoms with Gasteiger partial charge in [0.1, 0.15) is 30.5 Å². The number of aliphatic hydroxyl groups excluding tert-OH is 3. The fourth-order valence-electron chi connectivity index (χ4n) is 8.32. The molecule has 0 aliphatic carbocycles. The number of hydrogen-bond acceptors (Lipinski definition) is 11. The van der Waals surface area contributed by atoms with Gasteiger partial charge in [0.25, 0.3) is 0 Å². The van der Waals surface area contributed by atoms with E-state index in [1.807, 2.05) is 0 Å². The van der Waals surface area contributed by atoms with Crippen LogP contribution in [0.4, 0.5) is 0 Å². The minimum Gasteiger partial charge on any atom is -0.457 e. The van der Waals surface area contributed by atoms with Crippen molar-refractivity contribution in [3.63, 3.8) is 0 Å². The molecule has 13 heteroatoms. The molecule has 0 spiro atoms. The van der Waals surface area contributed by atoms with Crippen LogP contribution >= 0.6 is 0 Å². The van der Waals surface area contributed by atoms with Crippen molar-refractivity contribution in [1.29, 1.82) is 0 Å². The maximum absolute atomic E-state index is 12.9. The molecule has 1 rings (SSSR count). The van der Waals surface area contributed by atoms with Gasteiger partial charge in [-0.3, -0.25) is 9.35 Å². The highest BCUT2D eigenvalue weighted by Gasteiger charge is 2.48. The van der Waals surface area contributed by atoms with E-state index in [1.165, 1.54) is 180 Å². The Labute approximate surface area is 379 Å². The lowest BCUT2D eigenvalue weighted by Gasteiger charge is -2.41. The number of esters is 1. The Morgan fingerprint density at radius 2 is 0.919 bits per heavy atom. The molecule has 4 N–H and O–H groups in total. The van der Waals surface area contributed by atoms with Crippen LogP contribution in [0.25, 0.3) is 0 Å². The third-order valence-electron chi connectivity index (χ3n) is 12.2. The van der Waals surface area contributed by atoms with Crippen LogP contribution in [-0.4, -0.2) is 97.5 Å². The summed E-state index contributed by atoms with van der Waals surface area (Å²) in [5.74, 6) is -0.392. The van der Waals surface area contributed by atoms with E-state index in [4.69, 9.17) is 18.9 Å². The van der Waals surface area contributed by atoms with Gasteiger partial charge in [0, 0.05) is 13.0 Å². The Bertz CT molecular complexity index is 1090. The summed E-state index contributed by atoms with van der Waals surface area (Å²) < 4.78 is 59.2. The smallest absolute Gasteiger partial charge is 0.397 e. The van der Waals surface area contributed by atoms with Crippen molar-refractivity contribution in [3.05, 3.63) is 0 Å². The Morgan fingerprint density at radius 3 is 1.29 bits per heavy atom. The summed E-state index contributed by atoms with van der Waals surface area (Å²) in [5.41, 5.74) is 0. The predicted molar refractivity (Wildman–Crippen MR) is 248 cm³/mol. The summed E-state index contributed by atoms with van der Waals surface area (Å²) in [7, 11) is -5.06. The fourth-order valence-corrected chi connectivity index (χ4v) is 8.83. The number of ether oxygens (including phenoxy) is 4. The second-order valence-electron chi connectivity index (χ2n) is 18.1. The van der Waals surface area contributed by atoms with Crippen molar-refractivity contribution >= 4 is 16.4 Å². The monoisotopic (exact) mass is 909 g/mol. The molecule has 0 saturated carbocycles. The minimum absolute atomic E-state index is 0.0452. The summed E-state index contributed by atoms with van der Waals surface area (Å²) in [6, 6.07) is 0. The number of carbonyl (C=O) groups excluding carboxylic acids is 1. The topological polar surface area (TPSA) is 178 Å². The number of unbranched alkanes of at least 4 members (excludes halogenated alkanes) is 33. The van der Waals surface area contributed by atoms with Gasteiger partial charge in [0.2, 0.25) is 0 Å². The van der Waals surface area contributed by atoms with Crippen LogP contribution in [0.3, 0.4) is 0 Å². The molecule has 12 nitrogen and oxygen atoms in total. The SMILES string of the molecule is CCCCCCCCCCCCCCCCCCCCCCOCC(COC1OC(CO)C(O)C(OS(=O)(=O)O)C1O)OC(=O)CCCCCCCCCCCCCCCCC. The average molecular weight is 909 g/mol. The molecule has 0 amide bonds. The molecule has 1 saturated heterocycles. The molecule has 0 radical (unpaired) electrons. The van der Waals surface area contributed by atoms with Crippen LogP contribution in [0.2, 0.25) is 0 Å². The number of aliphatic hydroxyl groups is 3. The Kier molecular flexibility index (Phi) is 39.6. The van der Waals surface area contributed by atoms with E-state index < -0.39 is 59.8 Å². The fraction of sp³-hybridized carbons (Fsp3) is 0.980. The van der Waals surface area contributed by atoms with Crippen LogP contribution in [-0.2, 0) is 38.3 Å². The van der Waals surface area contributed by atoms with Crippen molar-refractivity contribution in [3.8, 4) is 0 Å². The first-order valence-electron chi connectivity index (χ1n) is 25.8. The van der Waals surface area contributed by atoms with E-state index in [2.05, 4.69) is 18.0 Å². The first-order valence-corrected chi connectivity index (χ1v) is 27.2. The zero-order valence-electron chi connectivity index (χ0n) is 39.7. The van der Waals surface area contributed by atoms with Crippen LogP contribution < -0.4 is 0 Å². The van der Waals surface area contributed by atoms with Gasteiger partial charge >= 0.3 is 16.4 Å². The molecule has 62 heavy (non-hydrogen) atoms. The van der Waals surface area contributed by atoms with Crippen molar-refractivity contribution < 1.29 is 56.2 Å². The molecule has 1 heterocycles. The highest BCUT2D eigenvalue weighted by molar-refractivity contribution is 7.80. The van der Waals surface area contributed by atoms with E-state index in [0.29, 0.717) is 13.0 Å². The van der Waals surface area contributed by atoms with E-state index >= 15 is 0 Å². The molecule has 1 fully saturated rings.